The van der Waals surface area contributed by atoms with Crippen LogP contribution in [0, 0.1) is 11.7 Å². The average molecular weight is 538 g/mol. The number of amides is 2. The van der Waals surface area contributed by atoms with Gasteiger partial charge < -0.3 is 24.8 Å². The van der Waals surface area contributed by atoms with Crippen molar-refractivity contribution in [3.05, 3.63) is 83.7 Å². The normalized spacial score (nSPS) is 11.4. The summed E-state index contributed by atoms with van der Waals surface area (Å²) in [6, 6.07) is 16.7. The molecule has 3 aromatic carbocycles. The number of esters is 1. The number of para-hydroxylation sites is 1. The smallest absolute Gasteiger partial charge is 0.337 e. The summed E-state index contributed by atoms with van der Waals surface area (Å²) in [6.45, 7) is 3.99. The number of carbonyl (C=O) groups is 3. The Bertz CT molecular complexity index is 1300. The number of halogens is 1. The van der Waals surface area contributed by atoms with Crippen LogP contribution in [0.2, 0.25) is 0 Å². The molecule has 0 fully saturated rings. The lowest BCUT2D eigenvalue weighted by atomic mass is 10.1. The summed E-state index contributed by atoms with van der Waals surface area (Å²) < 4.78 is 29.9. The first kappa shape index (κ1) is 29.1. The highest BCUT2D eigenvalue weighted by molar-refractivity contribution is 6.00. The number of anilines is 2. The number of rotatable bonds is 12. The van der Waals surface area contributed by atoms with Gasteiger partial charge in [0.15, 0.2) is 12.0 Å². The fourth-order valence-corrected chi connectivity index (χ4v) is 3.64. The Morgan fingerprint density at radius 1 is 0.897 bits per heavy atom. The molecule has 0 aliphatic carbocycles. The molecule has 10 heteroatoms. The van der Waals surface area contributed by atoms with Gasteiger partial charge in [-0.15, -0.1) is 0 Å². The van der Waals surface area contributed by atoms with E-state index >= 15 is 0 Å². The van der Waals surface area contributed by atoms with Crippen LogP contribution in [0.15, 0.2) is 66.7 Å². The number of nitrogens with one attached hydrogen (secondary N) is 3. The van der Waals surface area contributed by atoms with E-state index in [1.54, 1.807) is 48.5 Å². The monoisotopic (exact) mass is 537 g/mol. The van der Waals surface area contributed by atoms with Crippen LogP contribution in [0.4, 0.5) is 20.6 Å². The molecule has 3 aromatic rings. The number of ether oxygens (including phenoxy) is 3. The Kier molecular flexibility index (Phi) is 10.4. The van der Waals surface area contributed by atoms with Crippen LogP contribution in [0.1, 0.15) is 29.8 Å². The number of Topliss-reactive ketones (excluding diaryl/α,β-unsaturated/α-hetero) is 1. The SMILES string of the molecule is COC(=O)c1ccc(OC(NCC(=O)Cc2ccc(NC(=O)Nc3ccccc3F)c(OC)c2)C(C)C)cc1. The van der Waals surface area contributed by atoms with Gasteiger partial charge in [0, 0.05) is 12.3 Å². The topological polar surface area (TPSA) is 115 Å². The second kappa shape index (κ2) is 13.9. The molecule has 0 heterocycles. The van der Waals surface area contributed by atoms with Crippen LogP contribution in [0.25, 0.3) is 0 Å². The highest BCUT2D eigenvalue weighted by atomic mass is 19.1. The van der Waals surface area contributed by atoms with Gasteiger partial charge in [-0.25, -0.2) is 14.0 Å². The minimum absolute atomic E-state index is 0.0468. The van der Waals surface area contributed by atoms with Gasteiger partial charge in [0.25, 0.3) is 0 Å². The molecule has 0 aliphatic rings. The molecule has 0 saturated carbocycles. The van der Waals surface area contributed by atoms with Crippen molar-refractivity contribution in [1.29, 1.82) is 0 Å². The lowest BCUT2D eigenvalue weighted by Crippen LogP contribution is -2.42. The summed E-state index contributed by atoms with van der Waals surface area (Å²) in [5.74, 6) is -0.103. The number of hydrogen-bond donors (Lipinski definition) is 3. The Morgan fingerprint density at radius 2 is 1.59 bits per heavy atom. The summed E-state index contributed by atoms with van der Waals surface area (Å²) in [5.41, 5.74) is 1.52. The Morgan fingerprint density at radius 3 is 2.23 bits per heavy atom. The molecule has 0 saturated heterocycles. The summed E-state index contributed by atoms with van der Waals surface area (Å²) in [7, 11) is 2.77. The van der Waals surface area contributed by atoms with Gasteiger partial charge >= 0.3 is 12.0 Å². The van der Waals surface area contributed by atoms with Crippen molar-refractivity contribution in [2.24, 2.45) is 5.92 Å². The molecular weight excluding hydrogens is 505 g/mol. The van der Waals surface area contributed by atoms with E-state index in [9.17, 15) is 18.8 Å². The van der Waals surface area contributed by atoms with Crippen LogP contribution >= 0.6 is 0 Å². The summed E-state index contributed by atoms with van der Waals surface area (Å²) >= 11 is 0. The van der Waals surface area contributed by atoms with E-state index in [2.05, 4.69) is 16.0 Å². The van der Waals surface area contributed by atoms with Gasteiger partial charge in [0.1, 0.15) is 17.3 Å². The van der Waals surface area contributed by atoms with E-state index < -0.39 is 24.0 Å². The number of carbonyl (C=O) groups excluding carboxylic acids is 3. The number of urea groups is 1. The van der Waals surface area contributed by atoms with Crippen molar-refractivity contribution in [2.45, 2.75) is 26.5 Å². The predicted octanol–water partition coefficient (Wildman–Crippen LogP) is 5.03. The summed E-state index contributed by atoms with van der Waals surface area (Å²) in [5, 5.41) is 8.21. The van der Waals surface area contributed by atoms with Crippen molar-refractivity contribution >= 4 is 29.2 Å². The molecule has 0 radical (unpaired) electrons. The second-order valence-electron chi connectivity index (χ2n) is 8.99. The van der Waals surface area contributed by atoms with Crippen LogP contribution in [-0.2, 0) is 16.0 Å². The molecule has 206 valence electrons. The lowest BCUT2D eigenvalue weighted by Gasteiger charge is -2.23. The van der Waals surface area contributed by atoms with Gasteiger partial charge in [0.2, 0.25) is 0 Å². The van der Waals surface area contributed by atoms with Crippen molar-refractivity contribution in [1.82, 2.24) is 5.32 Å². The first-order chi connectivity index (χ1) is 18.7. The predicted molar refractivity (Wildman–Crippen MR) is 146 cm³/mol. The quantitative estimate of drug-likeness (QED) is 0.219. The summed E-state index contributed by atoms with van der Waals surface area (Å²) in [4.78, 5) is 36.7. The minimum atomic E-state index is -0.633. The number of methoxy groups -OCH3 is 2. The maximum atomic E-state index is 13.8. The molecule has 0 aromatic heterocycles. The third-order valence-electron chi connectivity index (χ3n) is 5.68. The van der Waals surface area contributed by atoms with Crippen molar-refractivity contribution < 1.29 is 33.0 Å². The first-order valence-corrected chi connectivity index (χ1v) is 12.3. The maximum absolute atomic E-state index is 13.8. The molecule has 3 N–H and O–H groups in total. The van der Waals surface area contributed by atoms with Crippen LogP contribution in [-0.4, -0.2) is 44.8 Å². The minimum Gasteiger partial charge on any atom is -0.495 e. The first-order valence-electron chi connectivity index (χ1n) is 12.3. The third-order valence-corrected chi connectivity index (χ3v) is 5.68. The molecule has 0 aliphatic heterocycles. The van der Waals surface area contributed by atoms with Gasteiger partial charge in [-0.1, -0.05) is 32.0 Å². The average Bonchev–Trinajstić information content (AvgIpc) is 2.92. The fourth-order valence-electron chi connectivity index (χ4n) is 3.64. The standard InChI is InChI=1S/C29H32FN3O6/c1-18(2)27(39-22-12-10-20(11-13-22)28(35)38-4)31-17-21(34)15-19-9-14-25(26(16-19)37-3)33-29(36)32-24-8-6-5-7-23(24)30/h5-14,16,18,27,31H,15,17H2,1-4H3,(H2,32,33,36). The molecule has 0 bridgehead atoms. The van der Waals surface area contributed by atoms with Crippen molar-refractivity contribution in [3.8, 4) is 11.5 Å². The van der Waals surface area contributed by atoms with Gasteiger partial charge in [-0.3, -0.25) is 10.1 Å². The molecule has 9 nitrogen and oxygen atoms in total. The van der Waals surface area contributed by atoms with E-state index in [0.717, 1.165) is 0 Å². The lowest BCUT2D eigenvalue weighted by molar-refractivity contribution is -0.118. The number of ketones is 1. The highest BCUT2D eigenvalue weighted by Gasteiger charge is 2.18. The Hall–Kier alpha value is -4.44. The molecule has 1 unspecified atom stereocenters. The Balaban J connectivity index is 1.56. The van der Waals surface area contributed by atoms with Gasteiger partial charge in [-0.05, 0) is 54.1 Å². The number of benzene rings is 3. The van der Waals surface area contributed by atoms with Gasteiger partial charge in [0.05, 0.1) is 37.7 Å². The number of hydrogen-bond acceptors (Lipinski definition) is 7. The maximum Gasteiger partial charge on any atom is 0.337 e. The van der Waals surface area contributed by atoms with Crippen molar-refractivity contribution in [3.63, 3.8) is 0 Å². The Labute approximate surface area is 226 Å². The second-order valence-corrected chi connectivity index (χ2v) is 8.99. The van der Waals surface area contributed by atoms with Crippen LogP contribution < -0.4 is 25.4 Å². The zero-order valence-electron chi connectivity index (χ0n) is 22.2. The van der Waals surface area contributed by atoms with Crippen LogP contribution in [0.3, 0.4) is 0 Å². The third kappa shape index (κ3) is 8.54. The fraction of sp³-hybridized carbons (Fsp3) is 0.276. The molecule has 1 atom stereocenters. The van der Waals surface area contributed by atoms with E-state index in [4.69, 9.17) is 14.2 Å². The van der Waals surface area contributed by atoms with Crippen LogP contribution in [0.5, 0.6) is 11.5 Å². The van der Waals surface area contributed by atoms with E-state index in [-0.39, 0.29) is 30.4 Å². The van der Waals surface area contributed by atoms with E-state index in [1.165, 1.54) is 32.4 Å². The zero-order valence-corrected chi connectivity index (χ0v) is 22.2. The highest BCUT2D eigenvalue weighted by Crippen LogP contribution is 2.26. The molecule has 0 spiro atoms. The molecule has 2 amide bonds. The molecular formula is C29H32FN3O6. The van der Waals surface area contributed by atoms with E-state index in [1.807, 2.05) is 13.8 Å². The molecule has 39 heavy (non-hydrogen) atoms. The molecule has 3 rings (SSSR count). The zero-order chi connectivity index (χ0) is 28.4. The van der Waals surface area contributed by atoms with Crippen molar-refractivity contribution in [2.75, 3.05) is 31.4 Å². The van der Waals surface area contributed by atoms with E-state index in [0.29, 0.717) is 28.3 Å². The largest absolute Gasteiger partial charge is 0.495 e. The summed E-state index contributed by atoms with van der Waals surface area (Å²) in [6.07, 6.45) is -0.309. The van der Waals surface area contributed by atoms with Gasteiger partial charge in [-0.2, -0.15) is 0 Å².